The molecule has 0 spiro atoms. The molecule has 0 aliphatic heterocycles. The van der Waals surface area contributed by atoms with Crippen LogP contribution < -0.4 is 5.32 Å². The van der Waals surface area contributed by atoms with Gasteiger partial charge in [-0.2, -0.15) is 0 Å². The van der Waals surface area contributed by atoms with Crippen molar-refractivity contribution in [2.45, 2.75) is 19.0 Å². The number of nitrogens with one attached hydrogen (secondary N) is 1. The Morgan fingerprint density at radius 2 is 1.96 bits per heavy atom. The van der Waals surface area contributed by atoms with Gasteiger partial charge in [-0.25, -0.2) is 9.37 Å². The number of rotatable bonds is 5. The van der Waals surface area contributed by atoms with E-state index < -0.39 is 0 Å². The standard InChI is InChI=1S/C19H18FN3OS/c1-13-3-4-14(2)17(11-13)22-18(24)12-25-19-21-9-10-23(19)16-7-5-15(20)6-8-16/h3-11H,12H2,1-2H3,(H,22,24). The number of aromatic nitrogens is 2. The van der Waals surface area contributed by atoms with Crippen molar-refractivity contribution in [3.8, 4) is 5.69 Å². The van der Waals surface area contributed by atoms with Crippen LogP contribution in [0.5, 0.6) is 0 Å². The van der Waals surface area contributed by atoms with Crippen molar-refractivity contribution in [1.29, 1.82) is 0 Å². The summed E-state index contributed by atoms with van der Waals surface area (Å²) in [7, 11) is 0. The SMILES string of the molecule is Cc1ccc(C)c(NC(=O)CSc2nccn2-c2ccc(F)cc2)c1. The summed E-state index contributed by atoms with van der Waals surface area (Å²) >= 11 is 1.34. The highest BCUT2D eigenvalue weighted by Gasteiger charge is 2.10. The van der Waals surface area contributed by atoms with Crippen molar-refractivity contribution in [3.05, 3.63) is 71.8 Å². The molecule has 1 heterocycles. The molecule has 25 heavy (non-hydrogen) atoms. The van der Waals surface area contributed by atoms with Crippen molar-refractivity contribution in [2.24, 2.45) is 0 Å². The van der Waals surface area contributed by atoms with Crippen molar-refractivity contribution >= 4 is 23.4 Å². The van der Waals surface area contributed by atoms with Gasteiger partial charge in [-0.3, -0.25) is 9.36 Å². The van der Waals surface area contributed by atoms with Crippen molar-refractivity contribution in [1.82, 2.24) is 9.55 Å². The molecule has 0 radical (unpaired) electrons. The summed E-state index contributed by atoms with van der Waals surface area (Å²) in [5.41, 5.74) is 3.75. The Bertz CT molecular complexity index is 890. The number of anilines is 1. The monoisotopic (exact) mass is 355 g/mol. The lowest BCUT2D eigenvalue weighted by Gasteiger charge is -2.10. The van der Waals surface area contributed by atoms with E-state index in [0.717, 1.165) is 22.5 Å². The zero-order chi connectivity index (χ0) is 17.8. The number of nitrogens with zero attached hydrogens (tertiary/aromatic N) is 2. The topological polar surface area (TPSA) is 46.9 Å². The fourth-order valence-electron chi connectivity index (χ4n) is 2.38. The smallest absolute Gasteiger partial charge is 0.234 e. The predicted octanol–water partition coefficient (Wildman–Crippen LogP) is 4.36. The number of carbonyl (C=O) groups excluding carboxylic acids is 1. The quantitative estimate of drug-likeness (QED) is 0.692. The second-order valence-corrected chi connectivity index (χ2v) is 6.65. The molecule has 0 saturated carbocycles. The summed E-state index contributed by atoms with van der Waals surface area (Å²) in [4.78, 5) is 16.5. The van der Waals surface area contributed by atoms with Gasteiger partial charge in [-0.15, -0.1) is 0 Å². The minimum Gasteiger partial charge on any atom is -0.325 e. The Labute approximate surface area is 150 Å². The van der Waals surface area contributed by atoms with E-state index in [9.17, 15) is 9.18 Å². The lowest BCUT2D eigenvalue weighted by atomic mass is 10.1. The molecule has 128 valence electrons. The summed E-state index contributed by atoms with van der Waals surface area (Å²) in [6, 6.07) is 12.1. The molecule has 1 amide bonds. The van der Waals surface area contributed by atoms with Gasteiger partial charge in [0.25, 0.3) is 0 Å². The number of amides is 1. The number of thioether (sulfide) groups is 1. The maximum atomic E-state index is 13.1. The van der Waals surface area contributed by atoms with Crippen molar-refractivity contribution in [2.75, 3.05) is 11.1 Å². The third kappa shape index (κ3) is 4.28. The molecule has 2 aromatic carbocycles. The third-order valence-electron chi connectivity index (χ3n) is 3.71. The van der Waals surface area contributed by atoms with E-state index >= 15 is 0 Å². The summed E-state index contributed by atoms with van der Waals surface area (Å²) in [5, 5.41) is 3.62. The van der Waals surface area contributed by atoms with E-state index in [1.807, 2.05) is 36.6 Å². The fraction of sp³-hybridized carbons (Fsp3) is 0.158. The second kappa shape index (κ2) is 7.53. The van der Waals surface area contributed by atoms with Crippen molar-refractivity contribution < 1.29 is 9.18 Å². The third-order valence-corrected chi connectivity index (χ3v) is 4.68. The average Bonchev–Trinajstić information content (AvgIpc) is 3.05. The van der Waals surface area contributed by atoms with Crippen LogP contribution in [0.4, 0.5) is 10.1 Å². The number of halogens is 1. The first-order valence-corrected chi connectivity index (χ1v) is 8.81. The number of imidazole rings is 1. The maximum absolute atomic E-state index is 13.1. The molecule has 0 bridgehead atoms. The Morgan fingerprint density at radius 1 is 1.20 bits per heavy atom. The largest absolute Gasteiger partial charge is 0.325 e. The van der Waals surface area contributed by atoms with Gasteiger partial charge in [0.05, 0.1) is 5.75 Å². The van der Waals surface area contributed by atoms with Gasteiger partial charge in [0, 0.05) is 23.8 Å². The van der Waals surface area contributed by atoms with Gasteiger partial charge in [-0.05, 0) is 55.3 Å². The zero-order valence-corrected chi connectivity index (χ0v) is 14.8. The number of hydrogen-bond donors (Lipinski definition) is 1. The highest BCUT2D eigenvalue weighted by Crippen LogP contribution is 2.22. The average molecular weight is 355 g/mol. The minimum absolute atomic E-state index is 0.0904. The number of benzene rings is 2. The Kier molecular flexibility index (Phi) is 5.19. The van der Waals surface area contributed by atoms with Crippen LogP contribution in [-0.2, 0) is 4.79 Å². The summed E-state index contributed by atoms with van der Waals surface area (Å²) < 4.78 is 14.9. The first-order chi connectivity index (χ1) is 12.0. The number of carbonyl (C=O) groups is 1. The first kappa shape index (κ1) is 17.2. The van der Waals surface area contributed by atoms with Gasteiger partial charge in [-0.1, -0.05) is 23.9 Å². The molecule has 1 N–H and O–H groups in total. The van der Waals surface area contributed by atoms with Crippen LogP contribution in [0.25, 0.3) is 5.69 Å². The van der Waals surface area contributed by atoms with E-state index in [2.05, 4.69) is 10.3 Å². The molecule has 0 unspecified atom stereocenters. The lowest BCUT2D eigenvalue weighted by molar-refractivity contribution is -0.113. The predicted molar refractivity (Wildman–Crippen MR) is 98.8 cm³/mol. The van der Waals surface area contributed by atoms with Crippen molar-refractivity contribution in [3.63, 3.8) is 0 Å². The maximum Gasteiger partial charge on any atom is 0.234 e. The highest BCUT2D eigenvalue weighted by molar-refractivity contribution is 7.99. The summed E-state index contributed by atoms with van der Waals surface area (Å²) in [6.45, 7) is 3.95. The van der Waals surface area contributed by atoms with Crippen LogP contribution in [0.3, 0.4) is 0 Å². The molecule has 0 saturated heterocycles. The van der Waals surface area contributed by atoms with Crippen LogP contribution >= 0.6 is 11.8 Å². The highest BCUT2D eigenvalue weighted by atomic mass is 32.2. The fourth-order valence-corrected chi connectivity index (χ4v) is 3.15. The van der Waals surface area contributed by atoms with E-state index in [4.69, 9.17) is 0 Å². The molecule has 0 aliphatic carbocycles. The van der Waals surface area contributed by atoms with E-state index in [-0.39, 0.29) is 17.5 Å². The van der Waals surface area contributed by atoms with Crippen LogP contribution in [0.15, 0.2) is 60.0 Å². The molecule has 6 heteroatoms. The Hall–Kier alpha value is -2.60. The first-order valence-electron chi connectivity index (χ1n) is 7.82. The molecular weight excluding hydrogens is 337 g/mol. The van der Waals surface area contributed by atoms with E-state index in [1.165, 1.54) is 23.9 Å². The number of aryl methyl sites for hydroxylation is 2. The molecule has 3 aromatic rings. The molecule has 4 nitrogen and oxygen atoms in total. The molecule has 0 fully saturated rings. The Balaban J connectivity index is 1.66. The van der Waals surface area contributed by atoms with Gasteiger partial charge in [0.1, 0.15) is 5.82 Å². The lowest BCUT2D eigenvalue weighted by Crippen LogP contribution is -2.15. The summed E-state index contributed by atoms with van der Waals surface area (Å²) in [6.07, 6.45) is 3.45. The zero-order valence-electron chi connectivity index (χ0n) is 14.0. The minimum atomic E-state index is -0.286. The van der Waals surface area contributed by atoms with Gasteiger partial charge in [0.2, 0.25) is 5.91 Å². The molecule has 0 atom stereocenters. The van der Waals surface area contributed by atoms with E-state index in [0.29, 0.717) is 5.16 Å². The molecule has 0 aliphatic rings. The van der Waals surface area contributed by atoms with Crippen LogP contribution in [0.1, 0.15) is 11.1 Å². The van der Waals surface area contributed by atoms with Crippen LogP contribution in [-0.4, -0.2) is 21.2 Å². The molecular formula is C19H18FN3OS. The normalized spacial score (nSPS) is 10.7. The van der Waals surface area contributed by atoms with E-state index in [1.54, 1.807) is 24.5 Å². The Morgan fingerprint density at radius 3 is 2.72 bits per heavy atom. The molecule has 3 rings (SSSR count). The summed E-state index contributed by atoms with van der Waals surface area (Å²) in [5.74, 6) is -0.135. The van der Waals surface area contributed by atoms with Gasteiger partial charge < -0.3 is 5.32 Å². The van der Waals surface area contributed by atoms with Crippen LogP contribution in [0.2, 0.25) is 0 Å². The van der Waals surface area contributed by atoms with Gasteiger partial charge in [0.15, 0.2) is 5.16 Å². The molecule has 1 aromatic heterocycles. The second-order valence-electron chi connectivity index (χ2n) is 5.71. The van der Waals surface area contributed by atoms with Crippen LogP contribution in [0, 0.1) is 19.7 Å². The van der Waals surface area contributed by atoms with Gasteiger partial charge >= 0.3 is 0 Å². The number of hydrogen-bond acceptors (Lipinski definition) is 3.